The van der Waals surface area contributed by atoms with E-state index < -0.39 is 0 Å². The van der Waals surface area contributed by atoms with Crippen molar-refractivity contribution in [2.24, 2.45) is 0 Å². The van der Waals surface area contributed by atoms with Crippen LogP contribution in [0.3, 0.4) is 0 Å². The van der Waals surface area contributed by atoms with E-state index in [0.29, 0.717) is 0 Å². The summed E-state index contributed by atoms with van der Waals surface area (Å²) in [5.74, 6) is 0. The minimum atomic E-state index is -0.175. The summed E-state index contributed by atoms with van der Waals surface area (Å²) in [7, 11) is 0. The minimum absolute atomic E-state index is 0.0413. The molecule has 372 valence electrons. The van der Waals surface area contributed by atoms with E-state index in [9.17, 15) is 0 Å². The summed E-state index contributed by atoms with van der Waals surface area (Å²) in [4.78, 5) is 7.68. The van der Waals surface area contributed by atoms with Crippen molar-refractivity contribution in [1.29, 1.82) is 0 Å². The van der Waals surface area contributed by atoms with Gasteiger partial charge in [0.25, 0.3) is 6.71 Å². The zero-order valence-corrected chi connectivity index (χ0v) is 45.9. The Labute approximate surface area is 447 Å². The van der Waals surface area contributed by atoms with Crippen LogP contribution in [0.1, 0.15) is 110 Å². The van der Waals surface area contributed by atoms with Gasteiger partial charge in [-0.25, -0.2) is 0 Å². The molecule has 0 bridgehead atoms. The molecule has 9 aromatic rings. The third-order valence-corrected chi connectivity index (χ3v) is 16.9. The van der Waals surface area contributed by atoms with Gasteiger partial charge in [0.2, 0.25) is 0 Å². The highest BCUT2D eigenvalue weighted by Crippen LogP contribution is 2.52. The first-order valence-electron chi connectivity index (χ1n) is 27.3. The molecule has 75 heavy (non-hydrogen) atoms. The van der Waals surface area contributed by atoms with Crippen LogP contribution >= 0.6 is 0 Å². The number of aryl methyl sites for hydroxylation is 1. The van der Waals surface area contributed by atoms with Gasteiger partial charge in [0, 0.05) is 51.1 Å². The smallest absolute Gasteiger partial charge is 0.252 e. The lowest BCUT2D eigenvalue weighted by Gasteiger charge is -2.46. The van der Waals surface area contributed by atoms with Crippen LogP contribution in [0.5, 0.6) is 0 Å². The first-order valence-corrected chi connectivity index (χ1v) is 27.3. The average Bonchev–Trinajstić information content (AvgIpc) is 3.42. The molecule has 0 saturated heterocycles. The molecule has 12 rings (SSSR count). The molecular weight excluding hydrogens is 906 g/mol. The maximum atomic E-state index is 2.65. The van der Waals surface area contributed by atoms with Crippen LogP contribution in [0, 0.1) is 6.92 Å². The van der Waals surface area contributed by atoms with Crippen molar-refractivity contribution in [3.8, 4) is 22.3 Å². The average molecular weight is 976 g/mol. The number of para-hydroxylation sites is 3. The number of hydrogen-bond acceptors (Lipinski definition) is 3. The van der Waals surface area contributed by atoms with E-state index in [2.05, 4.69) is 291 Å². The van der Waals surface area contributed by atoms with Crippen LogP contribution in [0.25, 0.3) is 22.3 Å². The Balaban J connectivity index is 1.17. The maximum Gasteiger partial charge on any atom is 0.252 e. The van der Waals surface area contributed by atoms with Crippen molar-refractivity contribution in [3.63, 3.8) is 0 Å². The lowest BCUT2D eigenvalue weighted by molar-refractivity contribution is 0.332. The number of anilines is 9. The number of nitrogens with zero attached hydrogens (tertiary/aromatic N) is 3. The third kappa shape index (κ3) is 8.29. The van der Waals surface area contributed by atoms with Gasteiger partial charge in [-0.1, -0.05) is 197 Å². The van der Waals surface area contributed by atoms with Crippen molar-refractivity contribution in [2.45, 2.75) is 111 Å². The van der Waals surface area contributed by atoms with Crippen LogP contribution in [-0.4, -0.2) is 6.71 Å². The zero-order chi connectivity index (χ0) is 52.2. The predicted molar refractivity (Wildman–Crippen MR) is 323 cm³/mol. The molecule has 0 unspecified atom stereocenters. The number of hydrogen-bond donors (Lipinski definition) is 0. The Bertz CT molecular complexity index is 3610. The highest BCUT2D eigenvalue weighted by Gasteiger charge is 2.45. The molecule has 0 N–H and O–H groups in total. The SMILES string of the molecule is Cc1ccc(-c2ccccc2)cc1N1c2cc(N(c3ccccc3)c3ccccc3)ccc2B2c3ccccc3N(c3ccc(C(C)(C)C)cc3-c3ccc4c(c3)C(C)(C)CCC4(C)C)c3cc(C(C)(C)C)cc1c32. The topological polar surface area (TPSA) is 9.72 Å². The van der Waals surface area contributed by atoms with E-state index in [1.165, 1.54) is 113 Å². The van der Waals surface area contributed by atoms with Crippen LogP contribution in [0.2, 0.25) is 0 Å². The molecule has 9 aromatic carbocycles. The molecule has 3 nitrogen and oxygen atoms in total. The molecule has 0 fully saturated rings. The summed E-state index contributed by atoms with van der Waals surface area (Å²) < 4.78 is 0. The Hall–Kier alpha value is -7.56. The van der Waals surface area contributed by atoms with Gasteiger partial charge in [0.05, 0.1) is 5.69 Å². The van der Waals surface area contributed by atoms with Crippen molar-refractivity contribution < 1.29 is 0 Å². The van der Waals surface area contributed by atoms with Gasteiger partial charge in [-0.05, 0) is 175 Å². The van der Waals surface area contributed by atoms with Crippen LogP contribution in [0.4, 0.5) is 51.2 Å². The second kappa shape index (κ2) is 17.8. The monoisotopic (exact) mass is 976 g/mol. The van der Waals surface area contributed by atoms with Gasteiger partial charge in [-0.3, -0.25) is 0 Å². The fourth-order valence-corrected chi connectivity index (χ4v) is 12.5. The molecule has 0 saturated carbocycles. The molecule has 0 amide bonds. The minimum Gasteiger partial charge on any atom is -0.311 e. The van der Waals surface area contributed by atoms with Gasteiger partial charge in [-0.15, -0.1) is 0 Å². The Morgan fingerprint density at radius 3 is 1.60 bits per heavy atom. The van der Waals surface area contributed by atoms with Crippen LogP contribution < -0.4 is 31.1 Å². The van der Waals surface area contributed by atoms with Gasteiger partial charge >= 0.3 is 0 Å². The molecule has 0 radical (unpaired) electrons. The van der Waals surface area contributed by atoms with E-state index in [1.807, 2.05) is 0 Å². The predicted octanol–water partition coefficient (Wildman–Crippen LogP) is 17.8. The molecule has 1 aliphatic carbocycles. The quantitative estimate of drug-likeness (QED) is 0.147. The highest BCUT2D eigenvalue weighted by molar-refractivity contribution is 7.00. The maximum absolute atomic E-state index is 2.65. The molecular formula is C71H70BN3. The normalized spacial score (nSPS) is 15.2. The molecule has 4 heteroatoms. The van der Waals surface area contributed by atoms with Crippen molar-refractivity contribution in [1.82, 2.24) is 0 Å². The lowest BCUT2D eigenvalue weighted by atomic mass is 9.33. The fraction of sp³-hybridized carbons (Fsp3) is 0.239. The molecule has 3 aliphatic rings. The summed E-state index contributed by atoms with van der Waals surface area (Å²) in [6.07, 6.45) is 2.36. The lowest BCUT2D eigenvalue weighted by Crippen LogP contribution is -2.61. The van der Waals surface area contributed by atoms with Crippen LogP contribution in [0.15, 0.2) is 200 Å². The summed E-state index contributed by atoms with van der Waals surface area (Å²) in [6, 6.07) is 75.9. The molecule has 0 spiro atoms. The summed E-state index contributed by atoms with van der Waals surface area (Å²) in [5.41, 5.74) is 26.2. The Morgan fingerprint density at radius 2 is 0.960 bits per heavy atom. The van der Waals surface area contributed by atoms with E-state index >= 15 is 0 Å². The largest absolute Gasteiger partial charge is 0.311 e. The van der Waals surface area contributed by atoms with Crippen molar-refractivity contribution in [2.75, 3.05) is 14.7 Å². The van der Waals surface area contributed by atoms with Gasteiger partial charge in [0.15, 0.2) is 0 Å². The zero-order valence-electron chi connectivity index (χ0n) is 45.9. The molecule has 0 atom stereocenters. The second-order valence-corrected chi connectivity index (χ2v) is 25.0. The van der Waals surface area contributed by atoms with Gasteiger partial charge in [-0.2, -0.15) is 0 Å². The highest BCUT2D eigenvalue weighted by atomic mass is 15.2. The standard InChI is InChI=1S/C71H70BN3/c1-47-31-32-49(48-23-15-12-16-24-48)42-63(47)75-64-46-55(73(53-25-17-13-18-26-53)54-27-19-14-20-28-54)35-37-60(64)72-59-29-21-22-30-62(59)74(65-44-52(69(5,6)7)45-66(75)67(65)72)61-38-34-51(68(2,3)4)43-56(61)50-33-36-57-58(41-50)71(10,11)40-39-70(57,8)9/h12-38,41-46H,39-40H2,1-11H3. The first-order chi connectivity index (χ1) is 35.9. The van der Waals surface area contributed by atoms with E-state index in [1.54, 1.807) is 0 Å². The van der Waals surface area contributed by atoms with Crippen LogP contribution in [-0.2, 0) is 21.7 Å². The van der Waals surface area contributed by atoms with Gasteiger partial charge in [0.1, 0.15) is 0 Å². The second-order valence-electron chi connectivity index (χ2n) is 25.0. The first kappa shape index (κ1) is 48.4. The van der Waals surface area contributed by atoms with Crippen molar-refractivity contribution in [3.05, 3.63) is 228 Å². The number of fused-ring (bicyclic) bond motifs is 5. The molecule has 2 heterocycles. The summed E-state index contributed by atoms with van der Waals surface area (Å²) in [5, 5.41) is 0. The summed E-state index contributed by atoms with van der Waals surface area (Å²) in [6.45, 7) is 26.2. The molecule has 2 aliphatic heterocycles. The van der Waals surface area contributed by atoms with Gasteiger partial charge < -0.3 is 14.7 Å². The van der Waals surface area contributed by atoms with E-state index in [-0.39, 0.29) is 28.4 Å². The fourth-order valence-electron chi connectivity index (χ4n) is 12.5. The van der Waals surface area contributed by atoms with Crippen molar-refractivity contribution >= 4 is 74.3 Å². The number of rotatable bonds is 7. The van der Waals surface area contributed by atoms with E-state index in [4.69, 9.17) is 0 Å². The molecule has 0 aromatic heterocycles. The number of benzene rings is 9. The summed E-state index contributed by atoms with van der Waals surface area (Å²) >= 11 is 0. The van der Waals surface area contributed by atoms with E-state index in [0.717, 1.165) is 17.1 Å². The third-order valence-electron chi connectivity index (χ3n) is 16.9. The Morgan fingerprint density at radius 1 is 0.400 bits per heavy atom. The Kier molecular flexibility index (Phi) is 11.5.